The molecule has 0 fully saturated rings. The molecule has 0 saturated heterocycles. The molecule has 1 rings (SSSR count). The lowest BCUT2D eigenvalue weighted by atomic mass is 10.1. The molecule has 4 nitrogen and oxygen atoms in total. The number of hydrogen-bond acceptors (Lipinski definition) is 3. The molecule has 0 radical (unpaired) electrons. The van der Waals surface area contributed by atoms with Crippen LogP contribution >= 0.6 is 0 Å². The van der Waals surface area contributed by atoms with Gasteiger partial charge in [0.2, 0.25) is 0 Å². The maximum absolute atomic E-state index is 9.21. The van der Waals surface area contributed by atoms with Gasteiger partial charge in [-0.25, -0.2) is 4.98 Å². The summed E-state index contributed by atoms with van der Waals surface area (Å²) in [4.78, 5) is 4.32. The summed E-state index contributed by atoms with van der Waals surface area (Å²) in [5, 5.41) is 12.5. The summed E-state index contributed by atoms with van der Waals surface area (Å²) in [5.41, 5.74) is 0. The molecule has 0 spiro atoms. The number of nitrogens with zero attached hydrogens (tertiary/aromatic N) is 2. The van der Waals surface area contributed by atoms with Crippen LogP contribution < -0.4 is 5.32 Å². The normalized spacial score (nSPS) is 13.3. The molecule has 1 aromatic heterocycles. The van der Waals surface area contributed by atoms with Crippen LogP contribution in [0, 0.1) is 5.92 Å². The van der Waals surface area contributed by atoms with Crippen molar-refractivity contribution in [3.8, 4) is 0 Å². The monoisotopic (exact) mass is 225 g/mol. The average molecular weight is 225 g/mol. The third kappa shape index (κ3) is 3.61. The molecule has 0 amide bonds. The van der Waals surface area contributed by atoms with Crippen LogP contribution in [-0.2, 0) is 13.1 Å². The maximum Gasteiger partial charge on any atom is 0.122 e. The van der Waals surface area contributed by atoms with Crippen molar-refractivity contribution in [2.75, 3.05) is 6.61 Å². The van der Waals surface area contributed by atoms with Gasteiger partial charge >= 0.3 is 0 Å². The average Bonchev–Trinajstić information content (AvgIpc) is 2.67. The van der Waals surface area contributed by atoms with Gasteiger partial charge < -0.3 is 15.0 Å². The second kappa shape index (κ2) is 6.66. The molecule has 0 bridgehead atoms. The Morgan fingerprint density at radius 3 is 2.81 bits per heavy atom. The largest absolute Gasteiger partial charge is 0.395 e. The molecule has 92 valence electrons. The van der Waals surface area contributed by atoms with E-state index >= 15 is 0 Å². The zero-order chi connectivity index (χ0) is 12.0. The highest BCUT2D eigenvalue weighted by Gasteiger charge is 2.12. The Labute approximate surface area is 97.7 Å². The lowest BCUT2D eigenvalue weighted by Crippen LogP contribution is -2.37. The van der Waals surface area contributed by atoms with Crippen LogP contribution in [0.15, 0.2) is 12.4 Å². The second-order valence-electron chi connectivity index (χ2n) is 4.45. The third-order valence-corrected chi connectivity index (χ3v) is 2.79. The minimum Gasteiger partial charge on any atom is -0.395 e. The van der Waals surface area contributed by atoms with Gasteiger partial charge in [-0.05, 0) is 12.3 Å². The van der Waals surface area contributed by atoms with Crippen LogP contribution in [0.2, 0.25) is 0 Å². The number of aliphatic hydroxyl groups is 1. The van der Waals surface area contributed by atoms with E-state index in [0.29, 0.717) is 5.92 Å². The Morgan fingerprint density at radius 1 is 1.50 bits per heavy atom. The topological polar surface area (TPSA) is 50.1 Å². The molecule has 16 heavy (non-hydrogen) atoms. The molecule has 4 heteroatoms. The van der Waals surface area contributed by atoms with Gasteiger partial charge in [0.15, 0.2) is 0 Å². The van der Waals surface area contributed by atoms with Gasteiger partial charge in [0.05, 0.1) is 13.2 Å². The van der Waals surface area contributed by atoms with Gasteiger partial charge in [0.1, 0.15) is 5.82 Å². The van der Waals surface area contributed by atoms with Crippen LogP contribution in [0.5, 0.6) is 0 Å². The van der Waals surface area contributed by atoms with Crippen molar-refractivity contribution in [1.29, 1.82) is 0 Å². The fraction of sp³-hybridized carbons (Fsp3) is 0.750. The fourth-order valence-electron chi connectivity index (χ4n) is 1.69. The van der Waals surface area contributed by atoms with E-state index in [9.17, 15) is 5.11 Å². The molecule has 0 aromatic carbocycles. The van der Waals surface area contributed by atoms with Crippen LogP contribution in [0.4, 0.5) is 0 Å². The molecule has 1 atom stereocenters. The van der Waals surface area contributed by atoms with Gasteiger partial charge in [0, 0.05) is 25.0 Å². The summed E-state index contributed by atoms with van der Waals surface area (Å²) in [5.74, 6) is 1.47. The van der Waals surface area contributed by atoms with Crippen LogP contribution in [0.25, 0.3) is 0 Å². The molecule has 0 aliphatic rings. The SMILES string of the molecule is CCCn1ccnc1CNC(CO)C(C)C. The van der Waals surface area contributed by atoms with Gasteiger partial charge in [-0.2, -0.15) is 0 Å². The fourth-order valence-corrected chi connectivity index (χ4v) is 1.69. The summed E-state index contributed by atoms with van der Waals surface area (Å²) in [7, 11) is 0. The Hall–Kier alpha value is -0.870. The standard InChI is InChI=1S/C12H23N3O/c1-4-6-15-7-5-13-12(15)8-14-11(9-16)10(2)3/h5,7,10-11,14,16H,4,6,8-9H2,1-3H3. The Balaban J connectivity index is 2.49. The number of aryl methyl sites for hydroxylation is 1. The van der Waals surface area contributed by atoms with Crippen LogP contribution in [0.3, 0.4) is 0 Å². The maximum atomic E-state index is 9.21. The zero-order valence-corrected chi connectivity index (χ0v) is 10.5. The van der Waals surface area contributed by atoms with Gasteiger partial charge in [-0.1, -0.05) is 20.8 Å². The van der Waals surface area contributed by atoms with Gasteiger partial charge in [0.25, 0.3) is 0 Å². The summed E-state index contributed by atoms with van der Waals surface area (Å²) < 4.78 is 2.15. The van der Waals surface area contributed by atoms with E-state index in [1.54, 1.807) is 0 Å². The summed E-state index contributed by atoms with van der Waals surface area (Å²) in [6, 6.07) is 0.145. The van der Waals surface area contributed by atoms with E-state index in [4.69, 9.17) is 0 Å². The summed E-state index contributed by atoms with van der Waals surface area (Å²) in [6.45, 7) is 8.26. The molecule has 1 heterocycles. The highest BCUT2D eigenvalue weighted by atomic mass is 16.3. The number of aromatic nitrogens is 2. The lowest BCUT2D eigenvalue weighted by Gasteiger charge is -2.20. The van der Waals surface area contributed by atoms with Gasteiger partial charge in [-0.15, -0.1) is 0 Å². The highest BCUT2D eigenvalue weighted by Crippen LogP contribution is 2.04. The highest BCUT2D eigenvalue weighted by molar-refractivity contribution is 4.92. The van der Waals surface area contributed by atoms with Crippen molar-refractivity contribution >= 4 is 0 Å². The van der Waals surface area contributed by atoms with E-state index in [1.165, 1.54) is 0 Å². The Bertz CT molecular complexity index is 296. The first kappa shape index (κ1) is 13.2. The minimum atomic E-state index is 0.145. The molecular formula is C12H23N3O. The molecule has 0 saturated carbocycles. The summed E-state index contributed by atoms with van der Waals surface area (Å²) in [6.07, 6.45) is 4.94. The predicted molar refractivity (Wildman–Crippen MR) is 65.1 cm³/mol. The number of rotatable bonds is 7. The first-order valence-corrected chi connectivity index (χ1v) is 6.03. The Morgan fingerprint density at radius 2 is 2.25 bits per heavy atom. The van der Waals surface area contributed by atoms with Crippen molar-refractivity contribution in [3.05, 3.63) is 18.2 Å². The third-order valence-electron chi connectivity index (χ3n) is 2.79. The van der Waals surface area contributed by atoms with E-state index in [0.717, 1.165) is 25.3 Å². The van der Waals surface area contributed by atoms with Crippen LogP contribution in [0.1, 0.15) is 33.0 Å². The van der Waals surface area contributed by atoms with E-state index in [1.807, 2.05) is 12.4 Å². The van der Waals surface area contributed by atoms with Crippen molar-refractivity contribution in [1.82, 2.24) is 14.9 Å². The number of nitrogens with one attached hydrogen (secondary N) is 1. The molecule has 1 aromatic rings. The predicted octanol–water partition coefficient (Wildman–Crippen LogP) is 1.40. The van der Waals surface area contributed by atoms with Crippen LogP contribution in [-0.4, -0.2) is 27.3 Å². The summed E-state index contributed by atoms with van der Waals surface area (Å²) >= 11 is 0. The molecule has 0 aliphatic carbocycles. The van der Waals surface area contributed by atoms with Crippen molar-refractivity contribution in [2.24, 2.45) is 5.92 Å². The first-order valence-electron chi connectivity index (χ1n) is 6.03. The lowest BCUT2D eigenvalue weighted by molar-refractivity contribution is 0.209. The van der Waals surface area contributed by atoms with Gasteiger partial charge in [-0.3, -0.25) is 0 Å². The minimum absolute atomic E-state index is 0.145. The quantitative estimate of drug-likeness (QED) is 0.737. The van der Waals surface area contributed by atoms with Crippen molar-refractivity contribution < 1.29 is 5.11 Å². The second-order valence-corrected chi connectivity index (χ2v) is 4.45. The molecule has 1 unspecified atom stereocenters. The van der Waals surface area contributed by atoms with Crippen molar-refractivity contribution in [2.45, 2.75) is 46.3 Å². The number of hydrogen-bond donors (Lipinski definition) is 2. The Kier molecular flexibility index (Phi) is 5.49. The first-order chi connectivity index (χ1) is 7.69. The smallest absolute Gasteiger partial charge is 0.122 e. The molecule has 0 aliphatic heterocycles. The number of aliphatic hydroxyl groups excluding tert-OH is 1. The van der Waals surface area contributed by atoms with E-state index in [2.05, 4.69) is 35.6 Å². The van der Waals surface area contributed by atoms with E-state index in [-0.39, 0.29) is 12.6 Å². The zero-order valence-electron chi connectivity index (χ0n) is 10.5. The van der Waals surface area contributed by atoms with Crippen molar-refractivity contribution in [3.63, 3.8) is 0 Å². The number of imidazole rings is 1. The van der Waals surface area contributed by atoms with E-state index < -0.39 is 0 Å². The molecule has 2 N–H and O–H groups in total. The molecular weight excluding hydrogens is 202 g/mol.